The van der Waals surface area contributed by atoms with Gasteiger partial charge in [0.2, 0.25) is 0 Å². The largest absolute Gasteiger partial charge is 2.00 e. The van der Waals surface area contributed by atoms with Gasteiger partial charge in [-0.2, -0.15) is 0 Å². The van der Waals surface area contributed by atoms with Gasteiger partial charge in [-0.3, -0.25) is 0 Å². The zero-order chi connectivity index (χ0) is 5.15. The van der Waals surface area contributed by atoms with E-state index in [-0.39, 0.29) is 51.0 Å². The summed E-state index contributed by atoms with van der Waals surface area (Å²) >= 11 is 0. The van der Waals surface area contributed by atoms with Crippen LogP contribution in [0.15, 0.2) is 0 Å². The first kappa shape index (κ1) is 15.9. The van der Waals surface area contributed by atoms with Crippen molar-refractivity contribution < 1.29 is 20.5 Å². The van der Waals surface area contributed by atoms with E-state index in [1.54, 1.807) is 0 Å². The molecule has 0 aliphatic rings. The van der Waals surface area contributed by atoms with Crippen molar-refractivity contribution in [1.29, 1.82) is 0 Å². The van der Waals surface area contributed by atoms with E-state index in [0.29, 0.717) is 0 Å². The van der Waals surface area contributed by atoms with Gasteiger partial charge < -0.3 is 20.5 Å². The summed E-state index contributed by atoms with van der Waals surface area (Å²) in [7, 11) is 0. The van der Waals surface area contributed by atoms with Crippen molar-refractivity contribution in [3.63, 3.8) is 0 Å². The standard InChI is InChI=1S/C3H6O3.H2O.Sr/c1-2(4)3(5)6;;/h2,4H,1H3,(H,5,6);1H2;/q;;+2/p-2. The predicted octanol–water partition coefficient (Wildman–Crippen LogP) is -2.44. The van der Waals surface area contributed by atoms with Crippen molar-refractivity contribution >= 4 is 51.5 Å². The molecule has 1 unspecified atom stereocenters. The van der Waals surface area contributed by atoms with Crippen molar-refractivity contribution in [3.05, 3.63) is 0 Å². The van der Waals surface area contributed by atoms with Crippen molar-refractivity contribution in [3.8, 4) is 0 Å². The Morgan fingerprint density at radius 3 is 1.88 bits per heavy atom. The summed E-state index contributed by atoms with van der Waals surface area (Å²) in [6.45, 7) is 1.13. The zero-order valence-electron chi connectivity index (χ0n) is 4.50. The molecule has 0 aromatic carbocycles. The number of aliphatic carboxylic acids is 1. The topological polar surface area (TPSA) is 90.4 Å². The van der Waals surface area contributed by atoms with Crippen LogP contribution in [0.1, 0.15) is 6.92 Å². The minimum atomic E-state index is -1.44. The molecule has 5 heteroatoms. The number of rotatable bonds is 1. The number of hydrogen-bond acceptors (Lipinski definition) is 4. The summed E-state index contributed by atoms with van der Waals surface area (Å²) in [6.07, 6.45) is -1.34. The molecule has 0 radical (unpaired) electrons. The molecule has 8 heavy (non-hydrogen) atoms. The molecule has 0 saturated heterocycles. The molecule has 0 aromatic rings. The maximum absolute atomic E-state index is 9.34. The van der Waals surface area contributed by atoms with Gasteiger partial charge >= 0.3 is 45.5 Å². The van der Waals surface area contributed by atoms with Crippen molar-refractivity contribution in [1.82, 2.24) is 0 Å². The fourth-order valence-electron chi connectivity index (χ4n) is 0. The fourth-order valence-corrected chi connectivity index (χ4v) is 0. The van der Waals surface area contributed by atoms with Crippen LogP contribution in [0.3, 0.4) is 0 Å². The Hall–Kier alpha value is 0.871. The summed E-state index contributed by atoms with van der Waals surface area (Å²) in [5.41, 5.74) is 0. The number of hydrogen-bond donors (Lipinski definition) is 1. The van der Waals surface area contributed by atoms with E-state index in [1.807, 2.05) is 0 Å². The second kappa shape index (κ2) is 7.87. The maximum Gasteiger partial charge on any atom is 2.00 e. The molecule has 0 spiro atoms. The Balaban J connectivity index is -0.000000125. The zero-order valence-corrected chi connectivity index (χ0v) is 7.97. The quantitative estimate of drug-likeness (QED) is 0.469. The fraction of sp³-hybridized carbons (Fsp3) is 0.667. The van der Waals surface area contributed by atoms with E-state index in [4.69, 9.17) is 5.11 Å². The van der Waals surface area contributed by atoms with Crippen LogP contribution in [0.25, 0.3) is 0 Å². The first-order valence-corrected chi connectivity index (χ1v) is 1.53. The summed E-state index contributed by atoms with van der Waals surface area (Å²) < 4.78 is 0. The van der Waals surface area contributed by atoms with Gasteiger partial charge in [-0.1, -0.05) is 0 Å². The van der Waals surface area contributed by atoms with Crippen LogP contribution in [-0.4, -0.2) is 68.1 Å². The van der Waals surface area contributed by atoms with E-state index in [0.717, 1.165) is 6.92 Å². The van der Waals surface area contributed by atoms with E-state index >= 15 is 0 Å². The van der Waals surface area contributed by atoms with Crippen molar-refractivity contribution in [2.24, 2.45) is 0 Å². The van der Waals surface area contributed by atoms with Crippen molar-refractivity contribution in [2.75, 3.05) is 0 Å². The minimum absolute atomic E-state index is 0. The number of aliphatic hydroxyl groups excluding tert-OH is 1. The molecule has 0 saturated carbocycles. The number of carbonyl (C=O) groups is 1. The summed E-state index contributed by atoms with van der Waals surface area (Å²) in [5, 5.41) is 17.3. The molecule has 0 amide bonds. The number of aliphatic hydroxyl groups is 1. The molecule has 0 aliphatic carbocycles. The second-order valence-corrected chi connectivity index (χ2v) is 0.995. The molecule has 0 aliphatic heterocycles. The Kier molecular flexibility index (Phi) is 15.7. The molecular formula is C3H6O4Sr. The van der Waals surface area contributed by atoms with Gasteiger partial charge in [-0.25, -0.2) is 0 Å². The number of carbonyl (C=O) groups excluding carboxylic acids is 1. The predicted molar refractivity (Wildman–Crippen MR) is 24.4 cm³/mol. The van der Waals surface area contributed by atoms with Gasteiger partial charge in [0.05, 0.1) is 12.1 Å². The second-order valence-electron chi connectivity index (χ2n) is 0.995. The van der Waals surface area contributed by atoms with Gasteiger partial charge in [0.1, 0.15) is 0 Å². The third kappa shape index (κ3) is 9.98. The minimum Gasteiger partial charge on any atom is -0.870 e. The summed E-state index contributed by atoms with van der Waals surface area (Å²) in [4.78, 5) is 9.34. The van der Waals surface area contributed by atoms with E-state index in [9.17, 15) is 9.90 Å². The molecule has 0 rings (SSSR count). The Morgan fingerprint density at radius 1 is 1.75 bits per heavy atom. The third-order valence-electron chi connectivity index (χ3n) is 0.341. The van der Waals surface area contributed by atoms with Crippen LogP contribution in [0.4, 0.5) is 0 Å². The smallest absolute Gasteiger partial charge is 0.870 e. The van der Waals surface area contributed by atoms with Crippen LogP contribution in [0, 0.1) is 0 Å². The van der Waals surface area contributed by atoms with Crippen LogP contribution in [0.2, 0.25) is 0 Å². The van der Waals surface area contributed by atoms with Gasteiger partial charge in [0.25, 0.3) is 0 Å². The Morgan fingerprint density at radius 2 is 1.88 bits per heavy atom. The Labute approximate surface area is 84.1 Å². The molecule has 4 nitrogen and oxygen atoms in total. The first-order valence-electron chi connectivity index (χ1n) is 1.53. The van der Waals surface area contributed by atoms with Crippen molar-refractivity contribution in [2.45, 2.75) is 13.0 Å². The average Bonchev–Trinajstić information content (AvgIpc) is 1.36. The van der Waals surface area contributed by atoms with Gasteiger partial charge in [0.15, 0.2) is 0 Å². The summed E-state index contributed by atoms with van der Waals surface area (Å²) in [5.74, 6) is -1.44. The maximum atomic E-state index is 9.34. The monoisotopic (exact) mass is 194 g/mol. The first-order chi connectivity index (χ1) is 2.64. The molecular weight excluding hydrogens is 188 g/mol. The van der Waals surface area contributed by atoms with Crippen LogP contribution < -0.4 is 5.11 Å². The van der Waals surface area contributed by atoms with Gasteiger partial charge in [-0.15, -0.1) is 0 Å². The number of carboxylic acids is 1. The van der Waals surface area contributed by atoms with Crippen LogP contribution in [0.5, 0.6) is 0 Å². The van der Waals surface area contributed by atoms with Crippen LogP contribution in [-0.2, 0) is 4.79 Å². The van der Waals surface area contributed by atoms with Gasteiger partial charge in [-0.05, 0) is 6.92 Å². The third-order valence-corrected chi connectivity index (χ3v) is 0.341. The molecule has 1 atom stereocenters. The molecule has 44 valence electrons. The molecule has 0 heterocycles. The molecule has 0 bridgehead atoms. The van der Waals surface area contributed by atoms with E-state index in [1.165, 1.54) is 0 Å². The SMILES string of the molecule is CC(O)C(=O)[O-].[OH-].[Sr+2]. The molecule has 0 aromatic heterocycles. The number of carboxylic acid groups (broad SMARTS) is 1. The van der Waals surface area contributed by atoms with E-state index < -0.39 is 12.1 Å². The molecule has 0 fully saturated rings. The van der Waals surface area contributed by atoms with Crippen LogP contribution >= 0.6 is 0 Å². The van der Waals surface area contributed by atoms with E-state index in [2.05, 4.69) is 0 Å². The van der Waals surface area contributed by atoms with Gasteiger partial charge in [0, 0.05) is 0 Å². The molecule has 2 N–H and O–H groups in total. The normalized spacial score (nSPS) is 10.2. The summed E-state index contributed by atoms with van der Waals surface area (Å²) in [6, 6.07) is 0. The Bertz CT molecular complexity index is 62.3. The average molecular weight is 194 g/mol.